The first-order chi connectivity index (χ1) is 11.5. The van der Waals surface area contributed by atoms with Crippen LogP contribution in [0.3, 0.4) is 0 Å². The summed E-state index contributed by atoms with van der Waals surface area (Å²) >= 11 is 1.28. The molecular weight excluding hydrogens is 332 g/mol. The first kappa shape index (κ1) is 17.8. The van der Waals surface area contributed by atoms with Crippen LogP contribution < -0.4 is 5.73 Å². The van der Waals surface area contributed by atoms with E-state index < -0.39 is 11.9 Å². The summed E-state index contributed by atoms with van der Waals surface area (Å²) in [6.07, 6.45) is 5.03. The molecule has 2 rings (SSSR count). The van der Waals surface area contributed by atoms with Gasteiger partial charge in [0.2, 0.25) is 0 Å². The third-order valence-corrected chi connectivity index (χ3v) is 4.03. The molecule has 0 amide bonds. The summed E-state index contributed by atoms with van der Waals surface area (Å²) in [4.78, 5) is 35.4. The van der Waals surface area contributed by atoms with E-state index in [4.69, 9.17) is 10.5 Å². The predicted octanol–water partition coefficient (Wildman–Crippen LogP) is 1.65. The highest BCUT2D eigenvalue weighted by molar-refractivity contribution is 7.15. The van der Waals surface area contributed by atoms with Gasteiger partial charge in [0.1, 0.15) is 5.00 Å². The highest BCUT2D eigenvalue weighted by Crippen LogP contribution is 2.23. The molecule has 0 aliphatic heterocycles. The summed E-state index contributed by atoms with van der Waals surface area (Å²) < 4.78 is 9.47. The van der Waals surface area contributed by atoms with Crippen LogP contribution in [0.15, 0.2) is 12.4 Å². The summed E-state index contributed by atoms with van der Waals surface area (Å²) in [5, 5.41) is 1.14. The molecule has 0 atom stereocenters. The van der Waals surface area contributed by atoms with Crippen molar-refractivity contribution in [3.63, 3.8) is 0 Å². The van der Waals surface area contributed by atoms with E-state index in [-0.39, 0.29) is 18.0 Å². The third-order valence-electron chi connectivity index (χ3n) is 3.09. The van der Waals surface area contributed by atoms with E-state index in [1.165, 1.54) is 24.6 Å². The van der Waals surface area contributed by atoms with E-state index in [0.29, 0.717) is 17.8 Å². The first-order valence-electron chi connectivity index (χ1n) is 7.36. The zero-order chi connectivity index (χ0) is 17.5. The van der Waals surface area contributed by atoms with Gasteiger partial charge in [-0.25, -0.2) is 19.6 Å². The fourth-order valence-electron chi connectivity index (χ4n) is 1.95. The van der Waals surface area contributed by atoms with Crippen LogP contribution in [0.4, 0.5) is 5.00 Å². The van der Waals surface area contributed by atoms with Gasteiger partial charge in [-0.2, -0.15) is 0 Å². The zero-order valence-electron chi connectivity index (χ0n) is 13.4. The summed E-state index contributed by atoms with van der Waals surface area (Å²) in [6, 6.07) is 0. The summed E-state index contributed by atoms with van der Waals surface area (Å²) in [6.45, 7) is 2.01. The minimum absolute atomic E-state index is 0.174. The molecule has 2 heterocycles. The van der Waals surface area contributed by atoms with Crippen LogP contribution in [0.25, 0.3) is 0 Å². The number of aryl methyl sites for hydroxylation is 2. The van der Waals surface area contributed by atoms with Crippen LogP contribution in [0, 0.1) is 0 Å². The number of carbonyl (C=O) groups excluding carboxylic acids is 2. The topological polar surface area (TPSA) is 117 Å². The molecule has 2 aromatic heterocycles. The van der Waals surface area contributed by atoms with Gasteiger partial charge >= 0.3 is 11.9 Å². The largest absolute Gasteiger partial charge is 0.464 e. The number of methoxy groups -OCH3 is 1. The Bertz CT molecular complexity index is 715. The number of hydrogen-bond acceptors (Lipinski definition) is 9. The normalized spacial score (nSPS) is 10.4. The van der Waals surface area contributed by atoms with Crippen molar-refractivity contribution in [2.24, 2.45) is 0 Å². The minimum Gasteiger partial charge on any atom is -0.464 e. The van der Waals surface area contributed by atoms with Crippen molar-refractivity contribution in [1.29, 1.82) is 0 Å². The van der Waals surface area contributed by atoms with E-state index in [9.17, 15) is 9.59 Å². The van der Waals surface area contributed by atoms with Gasteiger partial charge < -0.3 is 15.2 Å². The molecule has 0 bridgehead atoms. The Labute approximate surface area is 143 Å². The fourth-order valence-corrected chi connectivity index (χ4v) is 2.81. The quantitative estimate of drug-likeness (QED) is 0.749. The first-order valence-corrected chi connectivity index (χ1v) is 8.18. The van der Waals surface area contributed by atoms with Gasteiger partial charge in [-0.15, -0.1) is 11.3 Å². The minimum atomic E-state index is -0.515. The lowest BCUT2D eigenvalue weighted by molar-refractivity contribution is 0.0520. The van der Waals surface area contributed by atoms with Gasteiger partial charge in [-0.05, 0) is 26.2 Å². The number of aromatic nitrogens is 3. The number of rotatable bonds is 7. The second-order valence-corrected chi connectivity index (χ2v) is 5.89. The Balaban J connectivity index is 1.89. The maximum absolute atomic E-state index is 11.7. The summed E-state index contributed by atoms with van der Waals surface area (Å²) in [5.41, 5.74) is 6.92. The van der Waals surface area contributed by atoms with Crippen molar-refractivity contribution in [2.45, 2.75) is 26.2 Å². The lowest BCUT2D eigenvalue weighted by Crippen LogP contribution is -2.07. The predicted molar refractivity (Wildman–Crippen MR) is 87.9 cm³/mol. The van der Waals surface area contributed by atoms with Gasteiger partial charge in [0, 0.05) is 6.20 Å². The van der Waals surface area contributed by atoms with Gasteiger partial charge in [-0.1, -0.05) is 0 Å². The molecule has 0 saturated heterocycles. The van der Waals surface area contributed by atoms with Crippen LogP contribution in [-0.2, 0) is 22.3 Å². The number of anilines is 1. The van der Waals surface area contributed by atoms with Crippen LogP contribution >= 0.6 is 11.3 Å². The van der Waals surface area contributed by atoms with E-state index in [1.807, 2.05) is 0 Å². The summed E-state index contributed by atoms with van der Waals surface area (Å²) in [5.74, 6) is -1.01. The molecule has 0 saturated carbocycles. The Kier molecular flexibility index (Phi) is 6.19. The van der Waals surface area contributed by atoms with Gasteiger partial charge in [0.15, 0.2) is 11.4 Å². The number of ether oxygens (including phenoxy) is 2. The Morgan fingerprint density at radius 2 is 2.00 bits per heavy atom. The van der Waals surface area contributed by atoms with Gasteiger partial charge in [-0.3, -0.25) is 4.98 Å². The Hall–Kier alpha value is -2.55. The standard InChI is InChI=1S/C15H18N4O4S/c1-3-23-15(21)12-13(16)24-11(19-12)6-4-5-9-7-18-10(8-17-9)14(20)22-2/h7-8H,3-6,16H2,1-2H3. The maximum Gasteiger partial charge on any atom is 0.360 e. The van der Waals surface area contributed by atoms with E-state index in [1.54, 1.807) is 13.1 Å². The molecular formula is C15H18N4O4S. The number of esters is 2. The molecule has 8 nitrogen and oxygen atoms in total. The third kappa shape index (κ3) is 4.48. The summed E-state index contributed by atoms with van der Waals surface area (Å²) in [7, 11) is 1.29. The number of nitrogens with two attached hydrogens (primary N) is 1. The van der Waals surface area contributed by atoms with E-state index >= 15 is 0 Å². The average molecular weight is 350 g/mol. The number of carbonyl (C=O) groups is 2. The number of hydrogen-bond donors (Lipinski definition) is 1. The lowest BCUT2D eigenvalue weighted by Gasteiger charge is -2.01. The maximum atomic E-state index is 11.7. The van der Waals surface area contributed by atoms with Crippen molar-refractivity contribution < 1.29 is 19.1 Å². The highest BCUT2D eigenvalue weighted by Gasteiger charge is 2.17. The number of nitrogen functional groups attached to an aromatic ring is 1. The van der Waals surface area contributed by atoms with E-state index in [0.717, 1.165) is 17.1 Å². The van der Waals surface area contributed by atoms with Crippen LogP contribution in [0.5, 0.6) is 0 Å². The fraction of sp³-hybridized carbons (Fsp3) is 0.400. The molecule has 24 heavy (non-hydrogen) atoms. The Morgan fingerprint density at radius 3 is 2.62 bits per heavy atom. The van der Waals surface area contributed by atoms with Crippen molar-refractivity contribution >= 4 is 28.3 Å². The second-order valence-electron chi connectivity index (χ2n) is 4.78. The van der Waals surface area contributed by atoms with Crippen LogP contribution in [0.1, 0.15) is 45.0 Å². The van der Waals surface area contributed by atoms with Crippen molar-refractivity contribution in [1.82, 2.24) is 15.0 Å². The molecule has 128 valence electrons. The molecule has 0 radical (unpaired) electrons. The number of thiazole rings is 1. The number of nitrogens with zero attached hydrogens (tertiary/aromatic N) is 3. The zero-order valence-corrected chi connectivity index (χ0v) is 14.3. The molecule has 2 aromatic rings. The average Bonchev–Trinajstić information content (AvgIpc) is 2.96. The van der Waals surface area contributed by atoms with E-state index in [2.05, 4.69) is 19.7 Å². The van der Waals surface area contributed by atoms with Crippen molar-refractivity contribution in [3.8, 4) is 0 Å². The highest BCUT2D eigenvalue weighted by atomic mass is 32.1. The SMILES string of the molecule is CCOC(=O)c1nc(CCCc2cnc(C(=O)OC)cn2)sc1N. The molecule has 0 aromatic carbocycles. The van der Waals surface area contributed by atoms with Crippen molar-refractivity contribution in [2.75, 3.05) is 19.5 Å². The van der Waals surface area contributed by atoms with Gasteiger partial charge in [0.25, 0.3) is 0 Å². The molecule has 0 aliphatic rings. The van der Waals surface area contributed by atoms with Crippen molar-refractivity contribution in [3.05, 3.63) is 34.5 Å². The van der Waals surface area contributed by atoms with Crippen LogP contribution in [-0.4, -0.2) is 40.6 Å². The molecule has 2 N–H and O–H groups in total. The molecule has 9 heteroatoms. The molecule has 0 spiro atoms. The van der Waals surface area contributed by atoms with Crippen LogP contribution in [0.2, 0.25) is 0 Å². The molecule has 0 unspecified atom stereocenters. The molecule has 0 fully saturated rings. The van der Waals surface area contributed by atoms with Gasteiger partial charge in [0.05, 0.1) is 30.6 Å². The second kappa shape index (κ2) is 8.34. The lowest BCUT2D eigenvalue weighted by atomic mass is 10.2. The Morgan fingerprint density at radius 1 is 1.21 bits per heavy atom. The molecule has 0 aliphatic carbocycles. The smallest absolute Gasteiger partial charge is 0.360 e. The monoisotopic (exact) mass is 350 g/mol.